The van der Waals surface area contributed by atoms with Gasteiger partial charge in [0.25, 0.3) is 0 Å². The van der Waals surface area contributed by atoms with E-state index >= 15 is 0 Å². The van der Waals surface area contributed by atoms with E-state index in [0.717, 1.165) is 11.3 Å². The van der Waals surface area contributed by atoms with Crippen molar-refractivity contribution in [3.63, 3.8) is 0 Å². The van der Waals surface area contributed by atoms with Gasteiger partial charge >= 0.3 is 0 Å². The molecule has 0 N–H and O–H groups in total. The van der Waals surface area contributed by atoms with E-state index in [4.69, 9.17) is 4.52 Å². The molecule has 0 amide bonds. The maximum Gasteiger partial charge on any atom is 0.248 e. The summed E-state index contributed by atoms with van der Waals surface area (Å²) >= 11 is 0. The molecule has 3 heterocycles. The lowest BCUT2D eigenvalue weighted by Gasteiger charge is -2.20. The molecule has 0 spiro atoms. The van der Waals surface area contributed by atoms with E-state index < -0.39 is 10.0 Å². The maximum absolute atomic E-state index is 12.9. The van der Waals surface area contributed by atoms with Crippen LogP contribution in [0.2, 0.25) is 0 Å². The molecule has 122 valence electrons. The van der Waals surface area contributed by atoms with Crippen LogP contribution in [0.25, 0.3) is 5.65 Å². The van der Waals surface area contributed by atoms with Gasteiger partial charge in [-0.05, 0) is 26.0 Å². The fourth-order valence-electron chi connectivity index (χ4n) is 2.62. The largest absolute Gasteiger partial charge is 0.360 e. The number of rotatable bonds is 5. The maximum atomic E-state index is 12.9. The summed E-state index contributed by atoms with van der Waals surface area (Å²) in [7, 11) is -3.68. The molecule has 8 heteroatoms. The van der Waals surface area contributed by atoms with E-state index in [1.54, 1.807) is 27.0 Å². The predicted molar refractivity (Wildman–Crippen MR) is 84.4 cm³/mol. The van der Waals surface area contributed by atoms with Gasteiger partial charge < -0.3 is 8.92 Å². The van der Waals surface area contributed by atoms with Crippen molar-refractivity contribution in [2.75, 3.05) is 6.54 Å². The highest BCUT2D eigenvalue weighted by Crippen LogP contribution is 2.24. The zero-order chi connectivity index (χ0) is 16.6. The third kappa shape index (κ3) is 2.64. The number of hydrogen-bond donors (Lipinski definition) is 0. The Labute approximate surface area is 134 Å². The molecule has 0 fully saturated rings. The van der Waals surface area contributed by atoms with Gasteiger partial charge in [0.2, 0.25) is 10.0 Å². The molecular formula is C15H18N4O3S. The van der Waals surface area contributed by atoms with Crippen LogP contribution in [0.1, 0.15) is 24.1 Å². The van der Waals surface area contributed by atoms with Gasteiger partial charge in [-0.25, -0.2) is 13.4 Å². The van der Waals surface area contributed by atoms with Crippen molar-refractivity contribution in [1.82, 2.24) is 18.8 Å². The van der Waals surface area contributed by atoms with Gasteiger partial charge in [0, 0.05) is 12.7 Å². The summed E-state index contributed by atoms with van der Waals surface area (Å²) in [6.45, 7) is 5.61. The number of sulfonamides is 1. The second kappa shape index (κ2) is 5.78. The minimum Gasteiger partial charge on any atom is -0.360 e. The van der Waals surface area contributed by atoms with Gasteiger partial charge in [-0.2, -0.15) is 4.31 Å². The lowest BCUT2D eigenvalue weighted by atomic mass is 10.4. The minimum absolute atomic E-state index is 0.146. The quantitative estimate of drug-likeness (QED) is 0.714. The van der Waals surface area contributed by atoms with Crippen LogP contribution >= 0.6 is 0 Å². The van der Waals surface area contributed by atoms with Gasteiger partial charge in [0.15, 0.2) is 5.76 Å². The number of fused-ring (bicyclic) bond motifs is 1. The molecule has 0 unspecified atom stereocenters. The van der Waals surface area contributed by atoms with E-state index in [-0.39, 0.29) is 11.4 Å². The Morgan fingerprint density at radius 2 is 2.09 bits per heavy atom. The van der Waals surface area contributed by atoms with Crippen LogP contribution in [0, 0.1) is 13.8 Å². The van der Waals surface area contributed by atoms with Crippen molar-refractivity contribution < 1.29 is 12.9 Å². The van der Waals surface area contributed by atoms with Crippen LogP contribution in [0.5, 0.6) is 0 Å². The Bertz CT molecular complexity index is 923. The number of hydrogen-bond acceptors (Lipinski definition) is 5. The lowest BCUT2D eigenvalue weighted by molar-refractivity contribution is 0.388. The molecule has 0 atom stereocenters. The van der Waals surface area contributed by atoms with Crippen LogP contribution in [-0.2, 0) is 16.6 Å². The number of pyridine rings is 1. The second-order valence-corrected chi connectivity index (χ2v) is 7.14. The molecule has 0 aliphatic heterocycles. The van der Waals surface area contributed by atoms with Crippen molar-refractivity contribution in [2.45, 2.75) is 32.2 Å². The zero-order valence-corrected chi connectivity index (χ0v) is 14.0. The van der Waals surface area contributed by atoms with Crippen molar-refractivity contribution in [3.8, 4) is 0 Å². The third-order valence-electron chi connectivity index (χ3n) is 3.75. The first-order valence-corrected chi connectivity index (χ1v) is 8.73. The van der Waals surface area contributed by atoms with Crippen LogP contribution in [0.3, 0.4) is 0 Å². The minimum atomic E-state index is -3.68. The molecule has 0 saturated heterocycles. The predicted octanol–water partition coefficient (Wildman–Crippen LogP) is 2.15. The Morgan fingerprint density at radius 1 is 1.30 bits per heavy atom. The van der Waals surface area contributed by atoms with Crippen LogP contribution in [0.15, 0.2) is 40.0 Å². The number of imidazole rings is 1. The van der Waals surface area contributed by atoms with E-state index in [2.05, 4.69) is 10.1 Å². The van der Waals surface area contributed by atoms with E-state index in [9.17, 15) is 8.42 Å². The highest BCUT2D eigenvalue weighted by atomic mass is 32.2. The Morgan fingerprint density at radius 3 is 2.74 bits per heavy atom. The van der Waals surface area contributed by atoms with Crippen LogP contribution in [0.4, 0.5) is 0 Å². The summed E-state index contributed by atoms with van der Waals surface area (Å²) in [5, 5.41) is 3.75. The lowest BCUT2D eigenvalue weighted by Crippen LogP contribution is -2.31. The fraction of sp³-hybridized carbons (Fsp3) is 0.333. The van der Waals surface area contributed by atoms with Gasteiger partial charge in [-0.3, -0.25) is 0 Å². The van der Waals surface area contributed by atoms with Gasteiger partial charge in [-0.1, -0.05) is 18.1 Å². The van der Waals surface area contributed by atoms with Crippen molar-refractivity contribution >= 4 is 15.7 Å². The first-order valence-electron chi connectivity index (χ1n) is 7.29. The standard InChI is InChI=1S/C15H18N4O3S/c1-4-18(23(20,21)15-11(2)17-22-12(15)3)10-13-9-16-14-7-5-6-8-19(13)14/h5-9H,4,10H2,1-3H3. The second-order valence-electron chi connectivity index (χ2n) is 5.26. The zero-order valence-electron chi connectivity index (χ0n) is 13.2. The highest BCUT2D eigenvalue weighted by Gasteiger charge is 2.30. The monoisotopic (exact) mass is 334 g/mol. The fourth-order valence-corrected chi connectivity index (χ4v) is 4.33. The third-order valence-corrected chi connectivity index (χ3v) is 5.92. The van der Waals surface area contributed by atoms with Crippen LogP contribution < -0.4 is 0 Å². The van der Waals surface area contributed by atoms with Crippen LogP contribution in [-0.4, -0.2) is 33.8 Å². The van der Waals surface area contributed by atoms with Gasteiger partial charge in [-0.15, -0.1) is 0 Å². The summed E-state index contributed by atoms with van der Waals surface area (Å²) < 4.78 is 34.1. The first kappa shape index (κ1) is 15.7. The van der Waals surface area contributed by atoms with E-state index in [1.807, 2.05) is 28.8 Å². The Hall–Kier alpha value is -2.19. The summed E-state index contributed by atoms with van der Waals surface area (Å²) in [4.78, 5) is 4.44. The number of aromatic nitrogens is 3. The molecule has 0 saturated carbocycles. The molecule has 23 heavy (non-hydrogen) atoms. The molecule has 3 aromatic heterocycles. The average Bonchev–Trinajstić information content (AvgIpc) is 3.08. The van der Waals surface area contributed by atoms with Gasteiger partial charge in [0.1, 0.15) is 16.2 Å². The van der Waals surface area contributed by atoms with Crippen molar-refractivity contribution in [2.24, 2.45) is 0 Å². The number of aryl methyl sites for hydroxylation is 2. The molecule has 0 radical (unpaired) electrons. The molecule has 0 bridgehead atoms. The Kier molecular flexibility index (Phi) is 3.95. The van der Waals surface area contributed by atoms with E-state index in [0.29, 0.717) is 18.0 Å². The SMILES string of the molecule is CCN(Cc1cnc2ccccn12)S(=O)(=O)c1c(C)noc1C. The highest BCUT2D eigenvalue weighted by molar-refractivity contribution is 7.89. The van der Waals surface area contributed by atoms with E-state index in [1.165, 1.54) is 4.31 Å². The molecule has 0 aliphatic rings. The van der Waals surface area contributed by atoms with Gasteiger partial charge in [0.05, 0.1) is 18.4 Å². The van der Waals surface area contributed by atoms with Crippen molar-refractivity contribution in [3.05, 3.63) is 47.7 Å². The number of nitrogens with zero attached hydrogens (tertiary/aromatic N) is 4. The molecule has 7 nitrogen and oxygen atoms in total. The van der Waals surface area contributed by atoms with Crippen molar-refractivity contribution in [1.29, 1.82) is 0 Å². The summed E-state index contributed by atoms with van der Waals surface area (Å²) in [5.74, 6) is 0.305. The molecule has 0 aromatic carbocycles. The Balaban J connectivity index is 2.00. The average molecular weight is 334 g/mol. The summed E-state index contributed by atoms with van der Waals surface area (Å²) in [5.41, 5.74) is 1.96. The summed E-state index contributed by atoms with van der Waals surface area (Å²) in [6, 6.07) is 5.66. The molecule has 0 aliphatic carbocycles. The topological polar surface area (TPSA) is 80.7 Å². The molecular weight excluding hydrogens is 316 g/mol. The normalized spacial score (nSPS) is 12.3. The first-order chi connectivity index (χ1) is 10.9. The summed E-state index contributed by atoms with van der Waals surface area (Å²) in [6.07, 6.45) is 3.56. The smallest absolute Gasteiger partial charge is 0.248 e. The molecule has 3 rings (SSSR count). The molecule has 3 aromatic rings.